The average Bonchev–Trinajstić information content (AvgIpc) is 2.57. The van der Waals surface area contributed by atoms with Crippen molar-refractivity contribution in [2.75, 3.05) is 41.3 Å². The Labute approximate surface area is 160 Å². The van der Waals surface area contributed by atoms with E-state index in [1.165, 1.54) is 24.9 Å². The minimum atomic E-state index is -3.87. The Bertz CT molecular complexity index is 871. The highest BCUT2D eigenvalue weighted by atomic mass is 32.2. The van der Waals surface area contributed by atoms with Crippen LogP contribution in [0.3, 0.4) is 0 Å². The molecule has 0 radical (unpaired) electrons. The summed E-state index contributed by atoms with van der Waals surface area (Å²) in [5.74, 6) is -0.490. The second-order valence-corrected chi connectivity index (χ2v) is 9.32. The number of esters is 1. The fourth-order valence-electron chi connectivity index (χ4n) is 2.88. The van der Waals surface area contributed by atoms with Crippen molar-refractivity contribution in [2.24, 2.45) is 0 Å². The molecule has 0 saturated carbocycles. The van der Waals surface area contributed by atoms with Crippen LogP contribution in [0.5, 0.6) is 0 Å². The van der Waals surface area contributed by atoms with Crippen molar-refractivity contribution < 1.29 is 27.2 Å². The van der Waals surface area contributed by atoms with Crippen LogP contribution in [-0.2, 0) is 24.3 Å². The number of benzene rings is 1. The molecule has 0 aliphatic carbocycles. The number of ether oxygens (including phenoxy) is 1. The van der Waals surface area contributed by atoms with Crippen molar-refractivity contribution in [1.29, 1.82) is 0 Å². The zero-order valence-corrected chi connectivity index (χ0v) is 17.1. The summed E-state index contributed by atoms with van der Waals surface area (Å²) >= 11 is 0. The largest absolute Gasteiger partial charge is 0.422 e. The molecular formula is C18H26N3O5S+. The number of sulfonamides is 1. The van der Waals surface area contributed by atoms with Crippen LogP contribution in [0.4, 0.5) is 0 Å². The molecule has 0 spiro atoms. The molecule has 1 heterocycles. The molecule has 0 unspecified atom stereocenters. The van der Waals surface area contributed by atoms with Crippen LogP contribution in [0.25, 0.3) is 5.76 Å². The van der Waals surface area contributed by atoms with Crippen LogP contribution >= 0.6 is 0 Å². The van der Waals surface area contributed by atoms with Gasteiger partial charge in [-0.15, -0.1) is 0 Å². The maximum Gasteiger partial charge on any atom is 0.308 e. The van der Waals surface area contributed by atoms with Gasteiger partial charge in [0.1, 0.15) is 0 Å². The molecule has 0 N–H and O–H groups in total. The third-order valence-corrected chi connectivity index (χ3v) is 5.95. The predicted octanol–water partition coefficient (Wildman–Crippen LogP) is 1.06. The summed E-state index contributed by atoms with van der Waals surface area (Å²) in [6.07, 6.45) is 1.21. The summed E-state index contributed by atoms with van der Waals surface area (Å²) in [4.78, 5) is 24.8. The molecule has 9 heteroatoms. The molecule has 1 aromatic carbocycles. The van der Waals surface area contributed by atoms with E-state index in [0.717, 1.165) is 10.8 Å². The van der Waals surface area contributed by atoms with Crippen molar-refractivity contribution in [3.8, 4) is 0 Å². The number of carbonyl (C=O) groups is 2. The summed E-state index contributed by atoms with van der Waals surface area (Å²) in [6, 6.07) is 6.26. The van der Waals surface area contributed by atoms with Crippen molar-refractivity contribution in [3.63, 3.8) is 0 Å². The van der Waals surface area contributed by atoms with Gasteiger partial charge in [0.05, 0.1) is 32.6 Å². The number of carbonyl (C=O) groups excluding carboxylic acids is 2. The summed E-state index contributed by atoms with van der Waals surface area (Å²) in [5.41, 5.74) is 0.263. The minimum Gasteiger partial charge on any atom is -0.422 e. The van der Waals surface area contributed by atoms with E-state index in [1.54, 1.807) is 18.2 Å². The number of fused-ring (bicyclic) bond motifs is 1. The first kappa shape index (κ1) is 20.9. The molecule has 148 valence electrons. The smallest absolute Gasteiger partial charge is 0.308 e. The SMILES string of the molecule is CC(=O)OC1=C(N(C=O)CCC[N+](C)(C)C)N(C)S(=O)(=O)c2ccccc21. The molecule has 1 aliphatic heterocycles. The topological polar surface area (TPSA) is 84.0 Å². The van der Waals surface area contributed by atoms with Crippen molar-refractivity contribution in [3.05, 3.63) is 35.6 Å². The lowest BCUT2D eigenvalue weighted by Crippen LogP contribution is -2.42. The van der Waals surface area contributed by atoms with E-state index in [4.69, 9.17) is 4.74 Å². The fraction of sp³-hybridized carbons (Fsp3) is 0.444. The highest BCUT2D eigenvalue weighted by Crippen LogP contribution is 2.37. The second-order valence-electron chi connectivity index (χ2n) is 7.38. The van der Waals surface area contributed by atoms with Gasteiger partial charge in [-0.05, 0) is 12.1 Å². The van der Waals surface area contributed by atoms with Gasteiger partial charge in [0, 0.05) is 32.5 Å². The molecule has 1 aliphatic rings. The number of quaternary nitrogens is 1. The maximum atomic E-state index is 12.9. The van der Waals surface area contributed by atoms with Gasteiger partial charge in [-0.1, -0.05) is 12.1 Å². The zero-order valence-electron chi connectivity index (χ0n) is 16.3. The molecule has 0 aromatic heterocycles. The fourth-order valence-corrected chi connectivity index (χ4v) is 4.28. The van der Waals surface area contributed by atoms with Crippen LogP contribution in [-0.4, -0.2) is 75.8 Å². The molecule has 8 nitrogen and oxygen atoms in total. The Kier molecular flexibility index (Phi) is 5.96. The first-order valence-corrected chi connectivity index (χ1v) is 9.96. The van der Waals surface area contributed by atoms with Gasteiger partial charge in [0.2, 0.25) is 6.41 Å². The van der Waals surface area contributed by atoms with Crippen molar-refractivity contribution >= 4 is 28.2 Å². The summed E-state index contributed by atoms with van der Waals surface area (Å²) in [6.45, 7) is 2.31. The summed E-state index contributed by atoms with van der Waals surface area (Å²) in [7, 11) is 3.57. The molecule has 1 aromatic rings. The summed E-state index contributed by atoms with van der Waals surface area (Å²) < 4.78 is 32.9. The highest BCUT2D eigenvalue weighted by Gasteiger charge is 2.38. The lowest BCUT2D eigenvalue weighted by atomic mass is 10.1. The van der Waals surface area contributed by atoms with Gasteiger partial charge in [0.25, 0.3) is 10.0 Å². The van der Waals surface area contributed by atoms with Crippen LogP contribution < -0.4 is 0 Å². The van der Waals surface area contributed by atoms with E-state index in [-0.39, 0.29) is 22.0 Å². The maximum absolute atomic E-state index is 12.9. The van der Waals surface area contributed by atoms with Gasteiger partial charge < -0.3 is 9.22 Å². The number of hydrogen-bond donors (Lipinski definition) is 0. The lowest BCUT2D eigenvalue weighted by molar-refractivity contribution is -0.870. The Morgan fingerprint density at radius 2 is 1.89 bits per heavy atom. The average molecular weight is 396 g/mol. The molecule has 0 saturated heterocycles. The molecule has 0 fully saturated rings. The van der Waals surface area contributed by atoms with E-state index in [1.807, 2.05) is 21.1 Å². The molecule has 0 bridgehead atoms. The Morgan fingerprint density at radius 3 is 2.44 bits per heavy atom. The van der Waals surface area contributed by atoms with E-state index in [0.29, 0.717) is 23.9 Å². The monoisotopic (exact) mass is 396 g/mol. The van der Waals surface area contributed by atoms with Gasteiger partial charge >= 0.3 is 5.97 Å². The van der Waals surface area contributed by atoms with Crippen LogP contribution in [0.2, 0.25) is 0 Å². The van der Waals surface area contributed by atoms with E-state index >= 15 is 0 Å². The summed E-state index contributed by atoms with van der Waals surface area (Å²) in [5, 5.41) is 0. The first-order valence-electron chi connectivity index (χ1n) is 8.52. The van der Waals surface area contributed by atoms with Crippen molar-refractivity contribution in [1.82, 2.24) is 9.21 Å². The molecular weight excluding hydrogens is 370 g/mol. The first-order chi connectivity index (χ1) is 12.5. The third-order valence-electron chi connectivity index (χ3n) is 4.14. The minimum absolute atomic E-state index is 0.0321. The third kappa shape index (κ3) is 4.48. The number of nitrogens with zero attached hydrogens (tertiary/aromatic N) is 3. The van der Waals surface area contributed by atoms with Crippen molar-refractivity contribution in [2.45, 2.75) is 18.2 Å². The lowest BCUT2D eigenvalue weighted by Gasteiger charge is -2.35. The molecule has 1 amide bonds. The number of amides is 1. The standard InChI is InChI=1S/C18H26N3O5S/c1-14(23)26-17-15-9-6-7-10-16(15)27(24,25)19(2)18(17)20(13-22)11-8-12-21(3,4)5/h6-7,9-10,13H,8,11-12H2,1-5H3/q+1. The van der Waals surface area contributed by atoms with E-state index in [2.05, 4.69) is 0 Å². The number of rotatable bonds is 7. The normalized spacial score (nSPS) is 16.0. The highest BCUT2D eigenvalue weighted by molar-refractivity contribution is 7.89. The Balaban J connectivity index is 2.57. The molecule has 27 heavy (non-hydrogen) atoms. The van der Waals surface area contributed by atoms with Crippen LogP contribution in [0, 0.1) is 0 Å². The van der Waals surface area contributed by atoms with Gasteiger partial charge in [0.15, 0.2) is 11.6 Å². The van der Waals surface area contributed by atoms with E-state index < -0.39 is 16.0 Å². The van der Waals surface area contributed by atoms with Crippen LogP contribution in [0.15, 0.2) is 35.0 Å². The van der Waals surface area contributed by atoms with Crippen LogP contribution in [0.1, 0.15) is 18.9 Å². The molecule has 0 atom stereocenters. The second kappa shape index (κ2) is 7.69. The quantitative estimate of drug-likeness (QED) is 0.391. The number of hydrogen-bond acceptors (Lipinski definition) is 5. The Hall–Kier alpha value is -2.39. The zero-order chi connectivity index (χ0) is 20.4. The Morgan fingerprint density at radius 1 is 1.26 bits per heavy atom. The molecule has 2 rings (SSSR count). The van der Waals surface area contributed by atoms with Gasteiger partial charge in [-0.3, -0.25) is 18.8 Å². The van der Waals surface area contributed by atoms with Gasteiger partial charge in [-0.2, -0.15) is 0 Å². The predicted molar refractivity (Wildman–Crippen MR) is 100 cm³/mol. The van der Waals surface area contributed by atoms with Gasteiger partial charge in [-0.25, -0.2) is 8.42 Å². The van der Waals surface area contributed by atoms with E-state index in [9.17, 15) is 18.0 Å².